The second kappa shape index (κ2) is 16.7. The van der Waals surface area contributed by atoms with Crippen LogP contribution in [0.5, 0.6) is 5.75 Å². The lowest BCUT2D eigenvalue weighted by molar-refractivity contribution is -0.134. The molecule has 0 saturated carbocycles. The highest BCUT2D eigenvalue weighted by Crippen LogP contribution is 2.33. The maximum Gasteiger partial charge on any atom is 0.293 e. The van der Waals surface area contributed by atoms with Crippen molar-refractivity contribution in [3.05, 3.63) is 75.3 Å². The van der Waals surface area contributed by atoms with Crippen molar-refractivity contribution in [1.82, 2.24) is 44.7 Å². The summed E-state index contributed by atoms with van der Waals surface area (Å²) in [7, 11) is 4.95. The topological polar surface area (TPSA) is 189 Å². The monoisotopic (exact) mass is 823 g/mol. The standard InChI is InChI=1S/C41H46ClN11O6/c1-43-34(55)23-59-32-20-25-19-26(7-9-31(25)49(2)40(32)58)45-37-30(42)21-44-41(47-37)53-17-15-51(16-18-53)22-24-11-13-52(14-12-24)39(57)29-6-4-5-27-35(48-50(3)36(27)29)28-8-10-33(54)46-38(28)56/h4-7,9,19-21,24,28H,8,10-18,22-23H2,1-3H3,(H,43,55)(H,44,45,47)(H,46,54,56). The van der Waals surface area contributed by atoms with Crippen molar-refractivity contribution in [3.63, 3.8) is 0 Å². The van der Waals surface area contributed by atoms with Crippen LogP contribution in [-0.2, 0) is 28.5 Å². The molecule has 3 aromatic heterocycles. The van der Waals surface area contributed by atoms with E-state index in [-0.39, 0.29) is 48.0 Å². The number of fused-ring (bicyclic) bond motifs is 2. The second-order valence-corrected chi connectivity index (χ2v) is 15.7. The first-order chi connectivity index (χ1) is 28.5. The molecule has 1 unspecified atom stereocenters. The fourth-order valence-corrected chi connectivity index (χ4v) is 8.46. The van der Waals surface area contributed by atoms with Crippen LogP contribution in [0.25, 0.3) is 21.8 Å². The van der Waals surface area contributed by atoms with Gasteiger partial charge < -0.3 is 29.7 Å². The van der Waals surface area contributed by atoms with Gasteiger partial charge in [-0.05, 0) is 55.5 Å². The Balaban J connectivity index is 0.855. The Bertz CT molecular complexity index is 2520. The third-order valence-corrected chi connectivity index (χ3v) is 11.9. The van der Waals surface area contributed by atoms with Gasteiger partial charge in [-0.15, -0.1) is 0 Å². The van der Waals surface area contributed by atoms with Crippen molar-refractivity contribution < 1.29 is 23.9 Å². The summed E-state index contributed by atoms with van der Waals surface area (Å²) in [5.41, 5.74) is 2.92. The molecule has 3 aliphatic rings. The summed E-state index contributed by atoms with van der Waals surface area (Å²) in [5, 5.41) is 14.7. The maximum absolute atomic E-state index is 13.9. The van der Waals surface area contributed by atoms with Gasteiger partial charge in [-0.3, -0.25) is 38.9 Å². The summed E-state index contributed by atoms with van der Waals surface area (Å²) < 4.78 is 8.67. The molecule has 4 amide bonds. The van der Waals surface area contributed by atoms with E-state index in [0.29, 0.717) is 70.2 Å². The number of hydrogen-bond donors (Lipinski definition) is 3. The lowest BCUT2D eigenvalue weighted by Gasteiger charge is -2.39. The predicted octanol–water partition coefficient (Wildman–Crippen LogP) is 2.93. The van der Waals surface area contributed by atoms with Crippen molar-refractivity contribution in [3.8, 4) is 5.75 Å². The zero-order valence-electron chi connectivity index (χ0n) is 33.2. The molecule has 8 rings (SSSR count). The molecule has 6 heterocycles. The van der Waals surface area contributed by atoms with Crippen LogP contribution >= 0.6 is 11.6 Å². The molecule has 0 spiro atoms. The number of halogens is 1. The van der Waals surface area contributed by atoms with E-state index in [1.807, 2.05) is 41.3 Å². The fraction of sp³-hybridized carbons (Fsp3) is 0.415. The molecule has 0 aliphatic carbocycles. The van der Waals surface area contributed by atoms with Gasteiger partial charge in [0.25, 0.3) is 17.4 Å². The Morgan fingerprint density at radius 3 is 2.51 bits per heavy atom. The molecular weight excluding hydrogens is 778 g/mol. The van der Waals surface area contributed by atoms with Gasteiger partial charge in [0, 0.05) is 89.8 Å². The molecule has 18 heteroatoms. The molecule has 2 aromatic carbocycles. The lowest BCUT2D eigenvalue weighted by Crippen LogP contribution is -2.49. The van der Waals surface area contributed by atoms with Gasteiger partial charge in [0.2, 0.25) is 17.8 Å². The number of piperidine rings is 2. The van der Waals surface area contributed by atoms with Gasteiger partial charge in [-0.2, -0.15) is 10.1 Å². The predicted molar refractivity (Wildman–Crippen MR) is 222 cm³/mol. The molecule has 3 fully saturated rings. The summed E-state index contributed by atoms with van der Waals surface area (Å²) in [6.45, 7) is 5.19. The van der Waals surface area contributed by atoms with Gasteiger partial charge in [0.1, 0.15) is 5.02 Å². The molecule has 0 bridgehead atoms. The number of carbonyl (C=O) groups excluding carboxylic acids is 4. The number of nitrogens with one attached hydrogen (secondary N) is 3. The molecule has 3 saturated heterocycles. The number of ether oxygens (including phenoxy) is 1. The van der Waals surface area contributed by atoms with E-state index in [0.717, 1.165) is 56.3 Å². The van der Waals surface area contributed by atoms with Crippen LogP contribution in [0.1, 0.15) is 47.7 Å². The molecule has 3 aliphatic heterocycles. The average Bonchev–Trinajstić information content (AvgIpc) is 3.58. The van der Waals surface area contributed by atoms with E-state index in [1.54, 1.807) is 31.0 Å². The van der Waals surface area contributed by atoms with Gasteiger partial charge in [0.15, 0.2) is 18.2 Å². The lowest BCUT2D eigenvalue weighted by atomic mass is 9.92. The zero-order chi connectivity index (χ0) is 41.4. The molecule has 17 nitrogen and oxygen atoms in total. The normalized spacial score (nSPS) is 18.0. The summed E-state index contributed by atoms with van der Waals surface area (Å²) in [6, 6.07) is 12.7. The van der Waals surface area contributed by atoms with Gasteiger partial charge in [0.05, 0.1) is 34.4 Å². The van der Waals surface area contributed by atoms with E-state index in [1.165, 1.54) is 11.6 Å². The largest absolute Gasteiger partial charge is 0.478 e. The summed E-state index contributed by atoms with van der Waals surface area (Å²) in [4.78, 5) is 78.7. The van der Waals surface area contributed by atoms with E-state index >= 15 is 0 Å². The fourth-order valence-electron chi connectivity index (χ4n) is 8.32. The minimum Gasteiger partial charge on any atom is -0.478 e. The van der Waals surface area contributed by atoms with Gasteiger partial charge in [-0.1, -0.05) is 23.7 Å². The summed E-state index contributed by atoms with van der Waals surface area (Å²) >= 11 is 6.56. The van der Waals surface area contributed by atoms with Crippen LogP contribution in [-0.4, -0.2) is 117 Å². The van der Waals surface area contributed by atoms with Gasteiger partial charge in [-0.25, -0.2) is 4.98 Å². The molecule has 5 aromatic rings. The molecular formula is C41H46ClN11O6. The maximum atomic E-state index is 13.9. The number of anilines is 3. The van der Waals surface area contributed by atoms with E-state index in [9.17, 15) is 24.0 Å². The second-order valence-electron chi connectivity index (χ2n) is 15.3. The molecule has 308 valence electrons. The van der Waals surface area contributed by atoms with E-state index in [4.69, 9.17) is 21.3 Å². The Kier molecular flexibility index (Phi) is 11.2. The number of aromatic nitrogens is 5. The highest BCUT2D eigenvalue weighted by molar-refractivity contribution is 6.33. The van der Waals surface area contributed by atoms with Crippen LogP contribution in [0.3, 0.4) is 0 Å². The number of benzene rings is 2. The van der Waals surface area contributed by atoms with Crippen LogP contribution in [0.4, 0.5) is 17.5 Å². The average molecular weight is 824 g/mol. The zero-order valence-corrected chi connectivity index (χ0v) is 33.9. The first-order valence-electron chi connectivity index (χ1n) is 19.8. The van der Waals surface area contributed by atoms with E-state index < -0.39 is 5.92 Å². The number of rotatable bonds is 10. The minimum absolute atomic E-state index is 0.0388. The summed E-state index contributed by atoms with van der Waals surface area (Å²) in [5.74, 6) is 0.0276. The smallest absolute Gasteiger partial charge is 0.293 e. The molecule has 3 N–H and O–H groups in total. The Morgan fingerprint density at radius 1 is 0.983 bits per heavy atom. The SMILES string of the molecule is CNC(=O)COc1cc2cc(Nc3nc(N4CCN(CC5CCN(C(=O)c6cccc7c(C8CCC(=O)NC8=O)nn(C)c67)CC5)CC4)ncc3Cl)ccc2n(C)c1=O. The summed E-state index contributed by atoms with van der Waals surface area (Å²) in [6.07, 6.45) is 4.05. The van der Waals surface area contributed by atoms with Crippen LogP contribution in [0.2, 0.25) is 5.02 Å². The van der Waals surface area contributed by atoms with Crippen molar-refractivity contribution in [2.24, 2.45) is 20.0 Å². The van der Waals surface area contributed by atoms with Crippen LogP contribution in [0.15, 0.2) is 53.5 Å². The molecule has 0 radical (unpaired) electrons. The molecule has 59 heavy (non-hydrogen) atoms. The number of pyridine rings is 1. The Morgan fingerprint density at radius 2 is 1.76 bits per heavy atom. The highest BCUT2D eigenvalue weighted by atomic mass is 35.5. The number of para-hydroxylation sites is 1. The van der Waals surface area contributed by atoms with Crippen molar-refractivity contribution in [1.29, 1.82) is 0 Å². The minimum atomic E-state index is -0.533. The number of piperazine rings is 1. The number of nitrogens with zero attached hydrogens (tertiary/aromatic N) is 8. The highest BCUT2D eigenvalue weighted by Gasteiger charge is 2.34. The number of aryl methyl sites for hydroxylation is 2. The first-order valence-corrected chi connectivity index (χ1v) is 20.2. The van der Waals surface area contributed by atoms with Crippen molar-refractivity contribution in [2.75, 3.05) is 69.7 Å². The number of likely N-dealkylation sites (tertiary alicyclic amines) is 1. The van der Waals surface area contributed by atoms with Crippen LogP contribution in [0, 0.1) is 5.92 Å². The van der Waals surface area contributed by atoms with E-state index in [2.05, 4.69) is 35.8 Å². The third-order valence-electron chi connectivity index (χ3n) is 11.6. The quantitative estimate of drug-likeness (QED) is 0.175. The number of amides is 4. The van der Waals surface area contributed by atoms with Crippen molar-refractivity contribution >= 4 is 74.5 Å². The third kappa shape index (κ3) is 8.16. The Hall–Kier alpha value is -6.07. The number of imide groups is 1. The van der Waals surface area contributed by atoms with Crippen LogP contribution < -0.4 is 31.1 Å². The molecule has 1 atom stereocenters. The Labute approximate surface area is 344 Å². The first kappa shape index (κ1) is 39.7. The van der Waals surface area contributed by atoms with Crippen molar-refractivity contribution in [2.45, 2.75) is 31.6 Å². The van der Waals surface area contributed by atoms with Gasteiger partial charge >= 0.3 is 0 Å². The number of likely N-dealkylation sites (N-methyl/N-ethyl adjacent to an activating group) is 1. The number of carbonyl (C=O) groups is 4. The number of hydrogen-bond acceptors (Lipinski definition) is 12.